The smallest absolute Gasteiger partial charge is 0.0621 e. The van der Waals surface area contributed by atoms with Gasteiger partial charge in [-0.05, 0) is 47.4 Å². The lowest BCUT2D eigenvalue weighted by atomic mass is 10.1. The Kier molecular flexibility index (Phi) is 4.00. The third-order valence-electron chi connectivity index (χ3n) is 3.19. The molecule has 1 N–H and O–H groups in total. The molecule has 0 radical (unpaired) electrons. The molecule has 0 atom stereocenters. The van der Waals surface area contributed by atoms with Crippen molar-refractivity contribution in [2.45, 2.75) is 19.3 Å². The molecule has 0 saturated carbocycles. The van der Waals surface area contributed by atoms with E-state index in [2.05, 4.69) is 52.1 Å². The number of hydrogen-bond donors (Lipinski definition) is 1. The van der Waals surface area contributed by atoms with Crippen LogP contribution in [0.3, 0.4) is 0 Å². The van der Waals surface area contributed by atoms with Crippen molar-refractivity contribution in [3.8, 4) is 27.2 Å². The molecule has 3 rings (SSSR count). The van der Waals surface area contributed by atoms with Gasteiger partial charge in [-0.2, -0.15) is 5.26 Å². The number of H-pyrrole nitrogens is 1. The minimum Gasteiger partial charge on any atom is -0.353 e. The van der Waals surface area contributed by atoms with Crippen LogP contribution in [0, 0.1) is 11.3 Å². The molecule has 3 heterocycles. The number of rotatable bonds is 5. The van der Waals surface area contributed by atoms with Crippen LogP contribution in [0.25, 0.3) is 21.1 Å². The van der Waals surface area contributed by atoms with Crippen LogP contribution in [0.5, 0.6) is 0 Å². The van der Waals surface area contributed by atoms with Crippen LogP contribution in [-0.2, 0) is 6.42 Å². The summed E-state index contributed by atoms with van der Waals surface area (Å²) >= 11 is 3.49. The van der Waals surface area contributed by atoms with E-state index < -0.39 is 0 Å². The number of hydrogen-bond acceptors (Lipinski definition) is 3. The molecule has 0 unspecified atom stereocenters. The summed E-state index contributed by atoms with van der Waals surface area (Å²) in [6.07, 6.45) is 2.47. The minimum atomic E-state index is 0.614. The van der Waals surface area contributed by atoms with Crippen molar-refractivity contribution in [3.63, 3.8) is 0 Å². The lowest BCUT2D eigenvalue weighted by molar-refractivity contribution is 0.853. The second-order valence-corrected chi connectivity index (χ2v) is 6.44. The predicted octanol–water partition coefficient (Wildman–Crippen LogP) is 5.32. The summed E-state index contributed by atoms with van der Waals surface area (Å²) in [6.45, 7) is 0. The third kappa shape index (κ3) is 2.69. The van der Waals surface area contributed by atoms with Gasteiger partial charge in [0.25, 0.3) is 0 Å². The molecule has 20 heavy (non-hydrogen) atoms. The van der Waals surface area contributed by atoms with E-state index in [-0.39, 0.29) is 0 Å². The first kappa shape index (κ1) is 13.2. The van der Waals surface area contributed by atoms with Gasteiger partial charge < -0.3 is 4.98 Å². The van der Waals surface area contributed by atoms with Crippen molar-refractivity contribution in [1.29, 1.82) is 5.26 Å². The van der Waals surface area contributed by atoms with E-state index in [1.807, 2.05) is 0 Å². The summed E-state index contributed by atoms with van der Waals surface area (Å²) in [7, 11) is 0. The van der Waals surface area contributed by atoms with Gasteiger partial charge in [0.15, 0.2) is 0 Å². The van der Waals surface area contributed by atoms with Gasteiger partial charge in [0.1, 0.15) is 0 Å². The summed E-state index contributed by atoms with van der Waals surface area (Å²) in [5.74, 6) is 0. The number of nitrogens with one attached hydrogen (secondary N) is 1. The van der Waals surface area contributed by atoms with E-state index >= 15 is 0 Å². The van der Waals surface area contributed by atoms with Crippen molar-refractivity contribution < 1.29 is 0 Å². The Balaban J connectivity index is 1.96. The van der Waals surface area contributed by atoms with Crippen molar-refractivity contribution in [2.24, 2.45) is 0 Å². The van der Waals surface area contributed by atoms with Crippen molar-refractivity contribution in [3.05, 3.63) is 46.7 Å². The van der Waals surface area contributed by atoms with Gasteiger partial charge in [-0.15, -0.1) is 22.7 Å². The molecule has 0 aromatic carbocycles. The number of unbranched alkanes of at least 4 members (excludes halogenated alkanes) is 1. The van der Waals surface area contributed by atoms with Crippen LogP contribution in [-0.4, -0.2) is 4.98 Å². The number of nitrogens with zero attached hydrogens (tertiary/aromatic N) is 1. The fourth-order valence-electron chi connectivity index (χ4n) is 2.26. The number of aryl methyl sites for hydroxylation is 1. The molecule has 3 aromatic heterocycles. The molecule has 4 heteroatoms. The Morgan fingerprint density at radius 1 is 1.10 bits per heavy atom. The van der Waals surface area contributed by atoms with E-state index in [4.69, 9.17) is 5.26 Å². The summed E-state index contributed by atoms with van der Waals surface area (Å²) in [5, 5.41) is 12.9. The van der Waals surface area contributed by atoms with E-state index in [9.17, 15) is 0 Å². The average molecular weight is 298 g/mol. The maximum absolute atomic E-state index is 8.70. The molecule has 0 amide bonds. The first-order valence-corrected chi connectivity index (χ1v) is 8.31. The largest absolute Gasteiger partial charge is 0.353 e. The van der Waals surface area contributed by atoms with Gasteiger partial charge in [0, 0.05) is 6.42 Å². The Hall–Kier alpha value is -1.83. The zero-order valence-electron chi connectivity index (χ0n) is 10.9. The normalized spacial score (nSPS) is 10.6. The summed E-state index contributed by atoms with van der Waals surface area (Å²) < 4.78 is 0. The molecule has 100 valence electrons. The van der Waals surface area contributed by atoms with Crippen LogP contribution in [0.1, 0.15) is 18.4 Å². The summed E-state index contributed by atoms with van der Waals surface area (Å²) in [5.41, 5.74) is 3.70. The highest BCUT2D eigenvalue weighted by Crippen LogP contribution is 2.34. The van der Waals surface area contributed by atoms with Crippen LogP contribution in [0.4, 0.5) is 0 Å². The molecule has 0 saturated heterocycles. The first-order valence-electron chi connectivity index (χ1n) is 6.55. The molecule has 0 bridgehead atoms. The summed E-state index contributed by atoms with van der Waals surface area (Å²) in [6, 6.07) is 12.9. The fourth-order valence-corrected chi connectivity index (χ4v) is 3.72. The van der Waals surface area contributed by atoms with Crippen LogP contribution < -0.4 is 0 Å². The van der Waals surface area contributed by atoms with Crippen LogP contribution >= 0.6 is 22.7 Å². The predicted molar refractivity (Wildman–Crippen MR) is 86.0 cm³/mol. The molecule has 0 aliphatic heterocycles. The Morgan fingerprint density at radius 3 is 2.50 bits per heavy atom. The van der Waals surface area contributed by atoms with E-state index in [1.165, 1.54) is 26.7 Å². The second-order valence-electron chi connectivity index (χ2n) is 4.55. The monoisotopic (exact) mass is 298 g/mol. The number of thiophene rings is 2. The standard InChI is InChI=1S/C16H14N2S2/c17-8-2-1-5-12-11-13(14-6-3-9-19-14)18-16(12)15-7-4-10-20-15/h3-4,6-7,9-11,18H,1-2,5H2. The topological polar surface area (TPSA) is 39.6 Å². The lowest BCUT2D eigenvalue weighted by Gasteiger charge is -1.99. The Morgan fingerprint density at radius 2 is 1.85 bits per heavy atom. The van der Waals surface area contributed by atoms with Crippen molar-refractivity contribution >= 4 is 22.7 Å². The SMILES string of the molecule is N#CCCCc1cc(-c2cccs2)[nH]c1-c1cccs1. The molecule has 0 fully saturated rings. The number of aromatic amines is 1. The minimum absolute atomic E-state index is 0.614. The lowest BCUT2D eigenvalue weighted by Crippen LogP contribution is -1.85. The van der Waals surface area contributed by atoms with E-state index in [0.29, 0.717) is 6.42 Å². The molecule has 0 aliphatic rings. The molecule has 0 spiro atoms. The second kappa shape index (κ2) is 6.08. The van der Waals surface area contributed by atoms with Gasteiger partial charge >= 0.3 is 0 Å². The number of aromatic nitrogens is 1. The van der Waals surface area contributed by atoms with E-state index in [1.54, 1.807) is 22.7 Å². The highest BCUT2D eigenvalue weighted by atomic mass is 32.1. The first-order chi connectivity index (χ1) is 9.88. The molecular weight excluding hydrogens is 284 g/mol. The molecular formula is C16H14N2S2. The maximum atomic E-state index is 8.70. The number of nitriles is 1. The highest BCUT2D eigenvalue weighted by Gasteiger charge is 2.12. The van der Waals surface area contributed by atoms with Crippen LogP contribution in [0.15, 0.2) is 41.1 Å². The van der Waals surface area contributed by atoms with Crippen molar-refractivity contribution in [1.82, 2.24) is 4.98 Å². The summed E-state index contributed by atoms with van der Waals surface area (Å²) in [4.78, 5) is 6.07. The zero-order valence-corrected chi connectivity index (χ0v) is 12.6. The highest BCUT2D eigenvalue weighted by molar-refractivity contribution is 7.14. The average Bonchev–Trinajstić information content (AvgIpc) is 3.20. The Bertz CT molecular complexity index is 700. The maximum Gasteiger partial charge on any atom is 0.0621 e. The molecule has 2 nitrogen and oxygen atoms in total. The van der Waals surface area contributed by atoms with Crippen molar-refractivity contribution in [2.75, 3.05) is 0 Å². The fraction of sp³-hybridized carbons (Fsp3) is 0.188. The van der Waals surface area contributed by atoms with Gasteiger partial charge in [0.05, 0.1) is 27.2 Å². The van der Waals surface area contributed by atoms with Gasteiger partial charge in [-0.3, -0.25) is 0 Å². The quantitative estimate of drug-likeness (QED) is 0.636. The van der Waals surface area contributed by atoms with Crippen LogP contribution in [0.2, 0.25) is 0 Å². The third-order valence-corrected chi connectivity index (χ3v) is 4.98. The molecule has 3 aromatic rings. The zero-order chi connectivity index (χ0) is 13.8. The van der Waals surface area contributed by atoms with Gasteiger partial charge in [-0.1, -0.05) is 12.1 Å². The van der Waals surface area contributed by atoms with Gasteiger partial charge in [0.2, 0.25) is 0 Å². The Labute approximate surface area is 126 Å². The van der Waals surface area contributed by atoms with E-state index in [0.717, 1.165) is 12.8 Å². The van der Waals surface area contributed by atoms with Gasteiger partial charge in [-0.25, -0.2) is 0 Å². The molecule has 0 aliphatic carbocycles.